The standard InChI is InChI=1S/C18H16BrN3OS/c1-2-22-17(14(19)12-20-22)18(23)21-15-10-6-7-11-16(15)24-13-8-4-3-5-9-13/h3-12H,2H2,1H3,(H,21,23). The number of carbonyl (C=O) groups is 1. The first-order chi connectivity index (χ1) is 11.7. The lowest BCUT2D eigenvalue weighted by Crippen LogP contribution is -2.18. The van der Waals surface area contributed by atoms with Gasteiger partial charge in [-0.2, -0.15) is 5.10 Å². The van der Waals surface area contributed by atoms with Crippen molar-refractivity contribution in [3.05, 3.63) is 71.0 Å². The van der Waals surface area contributed by atoms with Crippen molar-refractivity contribution in [2.75, 3.05) is 5.32 Å². The van der Waals surface area contributed by atoms with Crippen molar-refractivity contribution in [2.24, 2.45) is 0 Å². The quantitative estimate of drug-likeness (QED) is 0.648. The number of halogens is 1. The Balaban J connectivity index is 1.85. The fourth-order valence-corrected chi connectivity index (χ4v) is 3.68. The highest BCUT2D eigenvalue weighted by molar-refractivity contribution is 9.10. The van der Waals surface area contributed by atoms with Crippen molar-refractivity contribution >= 4 is 39.3 Å². The SMILES string of the molecule is CCn1ncc(Br)c1C(=O)Nc1ccccc1Sc1ccccc1. The van der Waals surface area contributed by atoms with E-state index in [-0.39, 0.29) is 5.91 Å². The summed E-state index contributed by atoms with van der Waals surface area (Å²) in [5, 5.41) is 7.19. The number of amides is 1. The smallest absolute Gasteiger partial charge is 0.275 e. The normalized spacial score (nSPS) is 10.6. The van der Waals surface area contributed by atoms with Gasteiger partial charge < -0.3 is 5.32 Å². The van der Waals surface area contributed by atoms with E-state index in [0.29, 0.717) is 16.7 Å². The predicted molar refractivity (Wildman–Crippen MR) is 101 cm³/mol. The summed E-state index contributed by atoms with van der Waals surface area (Å²) in [5.74, 6) is -0.178. The summed E-state index contributed by atoms with van der Waals surface area (Å²) in [6.45, 7) is 2.59. The molecular weight excluding hydrogens is 386 g/mol. The number of aryl methyl sites for hydroxylation is 1. The summed E-state index contributed by atoms with van der Waals surface area (Å²) in [4.78, 5) is 14.8. The molecule has 0 aliphatic heterocycles. The molecule has 0 aliphatic rings. The van der Waals surface area contributed by atoms with Crippen LogP contribution in [-0.4, -0.2) is 15.7 Å². The first-order valence-electron chi connectivity index (χ1n) is 7.53. The van der Waals surface area contributed by atoms with Gasteiger partial charge in [-0.15, -0.1) is 0 Å². The van der Waals surface area contributed by atoms with E-state index >= 15 is 0 Å². The highest BCUT2D eigenvalue weighted by Gasteiger charge is 2.17. The molecule has 0 bridgehead atoms. The molecule has 4 nitrogen and oxygen atoms in total. The number of nitrogens with one attached hydrogen (secondary N) is 1. The highest BCUT2D eigenvalue weighted by atomic mass is 79.9. The third kappa shape index (κ3) is 3.71. The summed E-state index contributed by atoms with van der Waals surface area (Å²) in [5.41, 5.74) is 1.31. The molecule has 0 fully saturated rings. The van der Waals surface area contributed by atoms with Gasteiger partial charge >= 0.3 is 0 Å². The molecule has 122 valence electrons. The fourth-order valence-electron chi connectivity index (χ4n) is 2.28. The second-order valence-electron chi connectivity index (χ2n) is 5.02. The van der Waals surface area contributed by atoms with Gasteiger partial charge in [0.25, 0.3) is 5.91 Å². The Morgan fingerprint density at radius 2 is 1.88 bits per heavy atom. The average Bonchev–Trinajstić information content (AvgIpc) is 2.98. The number of hydrogen-bond acceptors (Lipinski definition) is 3. The van der Waals surface area contributed by atoms with E-state index in [4.69, 9.17) is 0 Å². The third-order valence-corrected chi connectivity index (χ3v) is 5.08. The molecule has 1 amide bonds. The molecule has 3 aromatic rings. The number of aromatic nitrogens is 2. The first kappa shape index (κ1) is 16.8. The molecule has 0 aliphatic carbocycles. The molecule has 2 aromatic carbocycles. The predicted octanol–water partition coefficient (Wildman–Crippen LogP) is 5.07. The van der Waals surface area contributed by atoms with Crippen LogP contribution in [0.3, 0.4) is 0 Å². The van der Waals surface area contributed by atoms with Gasteiger partial charge in [0.1, 0.15) is 5.69 Å². The molecule has 6 heteroatoms. The Morgan fingerprint density at radius 1 is 1.17 bits per heavy atom. The second-order valence-corrected chi connectivity index (χ2v) is 6.99. The monoisotopic (exact) mass is 401 g/mol. The van der Waals surface area contributed by atoms with Crippen molar-refractivity contribution in [3.63, 3.8) is 0 Å². The van der Waals surface area contributed by atoms with Crippen molar-refractivity contribution < 1.29 is 4.79 Å². The zero-order valence-corrected chi connectivity index (χ0v) is 15.5. The van der Waals surface area contributed by atoms with Crippen LogP contribution in [0.2, 0.25) is 0 Å². The Labute approximate surface area is 153 Å². The van der Waals surface area contributed by atoms with Crippen LogP contribution in [0.5, 0.6) is 0 Å². The molecule has 1 aromatic heterocycles. The summed E-state index contributed by atoms with van der Waals surface area (Å²) in [6, 6.07) is 17.9. The average molecular weight is 402 g/mol. The molecule has 0 saturated heterocycles. The van der Waals surface area contributed by atoms with E-state index in [2.05, 4.69) is 26.3 Å². The minimum atomic E-state index is -0.178. The van der Waals surface area contributed by atoms with E-state index in [1.54, 1.807) is 22.6 Å². The van der Waals surface area contributed by atoms with Crippen molar-refractivity contribution in [1.29, 1.82) is 0 Å². The Kier molecular flexibility index (Phi) is 5.37. The van der Waals surface area contributed by atoms with Gasteiger partial charge in [0.05, 0.1) is 16.4 Å². The van der Waals surface area contributed by atoms with Gasteiger partial charge in [-0.1, -0.05) is 42.1 Å². The molecule has 0 radical (unpaired) electrons. The summed E-state index contributed by atoms with van der Waals surface area (Å²) >= 11 is 5.01. The van der Waals surface area contributed by atoms with Gasteiger partial charge in [-0.25, -0.2) is 0 Å². The lowest BCUT2D eigenvalue weighted by molar-refractivity contribution is 0.101. The zero-order chi connectivity index (χ0) is 16.9. The van der Waals surface area contributed by atoms with Gasteiger partial charge in [0.2, 0.25) is 0 Å². The van der Waals surface area contributed by atoms with Crippen LogP contribution in [0.15, 0.2) is 75.1 Å². The van der Waals surface area contributed by atoms with E-state index in [9.17, 15) is 4.79 Å². The van der Waals surface area contributed by atoms with Crippen LogP contribution in [0, 0.1) is 0 Å². The van der Waals surface area contributed by atoms with Crippen molar-refractivity contribution in [2.45, 2.75) is 23.3 Å². The Bertz CT molecular complexity index is 848. The maximum atomic E-state index is 12.7. The fraction of sp³-hybridized carbons (Fsp3) is 0.111. The van der Waals surface area contributed by atoms with Crippen LogP contribution in [0.1, 0.15) is 17.4 Å². The number of rotatable bonds is 5. The minimum Gasteiger partial charge on any atom is -0.320 e. The molecule has 0 saturated carbocycles. The number of para-hydroxylation sites is 1. The number of nitrogens with zero attached hydrogens (tertiary/aromatic N) is 2. The van der Waals surface area contributed by atoms with Crippen LogP contribution in [0.4, 0.5) is 5.69 Å². The van der Waals surface area contributed by atoms with E-state index in [1.165, 1.54) is 0 Å². The zero-order valence-electron chi connectivity index (χ0n) is 13.1. The third-order valence-electron chi connectivity index (χ3n) is 3.42. The maximum absolute atomic E-state index is 12.7. The first-order valence-corrected chi connectivity index (χ1v) is 9.14. The molecule has 0 unspecified atom stereocenters. The van der Waals surface area contributed by atoms with Crippen LogP contribution in [0.25, 0.3) is 0 Å². The summed E-state index contributed by atoms with van der Waals surface area (Å²) < 4.78 is 2.36. The van der Waals surface area contributed by atoms with Crippen molar-refractivity contribution in [3.8, 4) is 0 Å². The minimum absolute atomic E-state index is 0.178. The maximum Gasteiger partial charge on any atom is 0.275 e. The Hall–Kier alpha value is -2.05. The molecule has 0 atom stereocenters. The largest absolute Gasteiger partial charge is 0.320 e. The summed E-state index contributed by atoms with van der Waals surface area (Å²) in [6.07, 6.45) is 1.64. The number of benzene rings is 2. The number of anilines is 1. The summed E-state index contributed by atoms with van der Waals surface area (Å²) in [7, 11) is 0. The second kappa shape index (κ2) is 7.68. The number of hydrogen-bond donors (Lipinski definition) is 1. The van der Waals surface area contributed by atoms with Crippen LogP contribution < -0.4 is 5.32 Å². The van der Waals surface area contributed by atoms with Gasteiger partial charge in [-0.05, 0) is 47.1 Å². The van der Waals surface area contributed by atoms with Crippen molar-refractivity contribution in [1.82, 2.24) is 9.78 Å². The topological polar surface area (TPSA) is 46.9 Å². The molecule has 1 heterocycles. The molecule has 0 spiro atoms. The van der Waals surface area contributed by atoms with Crippen LogP contribution in [-0.2, 0) is 6.54 Å². The number of carbonyl (C=O) groups excluding carboxylic acids is 1. The van der Waals surface area contributed by atoms with E-state index in [0.717, 1.165) is 15.5 Å². The van der Waals surface area contributed by atoms with E-state index < -0.39 is 0 Å². The molecule has 24 heavy (non-hydrogen) atoms. The Morgan fingerprint density at radius 3 is 2.62 bits per heavy atom. The highest BCUT2D eigenvalue weighted by Crippen LogP contribution is 2.33. The van der Waals surface area contributed by atoms with E-state index in [1.807, 2.05) is 61.5 Å². The molecule has 3 rings (SSSR count). The van der Waals surface area contributed by atoms with Gasteiger partial charge in [-0.3, -0.25) is 9.48 Å². The molecule has 1 N–H and O–H groups in total. The molecular formula is C18H16BrN3OS. The lowest BCUT2D eigenvalue weighted by atomic mass is 10.3. The van der Waals surface area contributed by atoms with Gasteiger partial charge in [0, 0.05) is 16.3 Å². The lowest BCUT2D eigenvalue weighted by Gasteiger charge is -2.11. The van der Waals surface area contributed by atoms with Gasteiger partial charge in [0.15, 0.2) is 0 Å². The van der Waals surface area contributed by atoms with Crippen LogP contribution >= 0.6 is 27.7 Å².